The highest BCUT2D eigenvalue weighted by Crippen LogP contribution is 2.20. The van der Waals surface area contributed by atoms with Crippen molar-refractivity contribution in [1.82, 2.24) is 4.98 Å². The minimum absolute atomic E-state index is 0.149. The molecule has 28 heavy (non-hydrogen) atoms. The molecule has 0 fully saturated rings. The van der Waals surface area contributed by atoms with Gasteiger partial charge in [0.2, 0.25) is 0 Å². The first-order valence-corrected chi connectivity index (χ1v) is 9.28. The molecule has 144 valence electrons. The van der Waals surface area contributed by atoms with Gasteiger partial charge in [-0.05, 0) is 61.2 Å². The minimum Gasteiger partial charge on any atom is -0.496 e. The van der Waals surface area contributed by atoms with Crippen LogP contribution in [0.15, 0.2) is 60.8 Å². The molecule has 2 aromatic carbocycles. The van der Waals surface area contributed by atoms with Crippen LogP contribution in [-0.2, 0) is 6.42 Å². The molecule has 1 aromatic heterocycles. The monoisotopic (exact) mass is 375 g/mol. The van der Waals surface area contributed by atoms with Crippen molar-refractivity contribution in [2.75, 3.05) is 24.3 Å². The Kier molecular flexibility index (Phi) is 6.27. The topological polar surface area (TPSA) is 63.2 Å². The molecule has 1 amide bonds. The van der Waals surface area contributed by atoms with Crippen molar-refractivity contribution in [2.45, 2.75) is 20.3 Å². The van der Waals surface area contributed by atoms with Gasteiger partial charge in [-0.1, -0.05) is 30.3 Å². The molecule has 3 rings (SSSR count). The number of carbonyl (C=O) groups is 1. The Hall–Kier alpha value is -3.34. The number of pyridine rings is 1. The van der Waals surface area contributed by atoms with Crippen molar-refractivity contribution in [3.8, 4) is 5.75 Å². The Balaban J connectivity index is 1.63. The summed E-state index contributed by atoms with van der Waals surface area (Å²) < 4.78 is 5.38. The van der Waals surface area contributed by atoms with Crippen LogP contribution in [0.2, 0.25) is 0 Å². The molecule has 5 heteroatoms. The van der Waals surface area contributed by atoms with E-state index in [1.807, 2.05) is 56.3 Å². The third-order valence-electron chi connectivity index (χ3n) is 4.77. The van der Waals surface area contributed by atoms with Crippen LogP contribution in [-0.4, -0.2) is 24.5 Å². The van der Waals surface area contributed by atoms with Crippen LogP contribution in [0.25, 0.3) is 0 Å². The van der Waals surface area contributed by atoms with E-state index in [-0.39, 0.29) is 5.91 Å². The van der Waals surface area contributed by atoms with Gasteiger partial charge in [0.1, 0.15) is 11.6 Å². The zero-order valence-electron chi connectivity index (χ0n) is 16.5. The number of hydrogen-bond acceptors (Lipinski definition) is 4. The molecule has 0 aliphatic heterocycles. The summed E-state index contributed by atoms with van der Waals surface area (Å²) in [6.07, 6.45) is 2.44. The second-order valence-corrected chi connectivity index (χ2v) is 6.62. The molecular formula is C23H25N3O2. The molecular weight excluding hydrogens is 350 g/mol. The van der Waals surface area contributed by atoms with Gasteiger partial charge in [0.15, 0.2) is 0 Å². The van der Waals surface area contributed by atoms with E-state index in [1.54, 1.807) is 25.4 Å². The molecule has 0 saturated carbocycles. The molecule has 0 aliphatic carbocycles. The molecule has 0 radical (unpaired) electrons. The van der Waals surface area contributed by atoms with Crippen molar-refractivity contribution >= 4 is 17.4 Å². The molecule has 0 atom stereocenters. The number of aromatic nitrogens is 1. The number of nitrogens with zero attached hydrogens (tertiary/aromatic N) is 1. The normalized spacial score (nSPS) is 10.4. The van der Waals surface area contributed by atoms with Crippen molar-refractivity contribution in [3.63, 3.8) is 0 Å². The summed E-state index contributed by atoms with van der Waals surface area (Å²) in [6, 6.07) is 17.3. The van der Waals surface area contributed by atoms with Gasteiger partial charge in [-0.25, -0.2) is 4.98 Å². The third-order valence-corrected chi connectivity index (χ3v) is 4.77. The van der Waals surface area contributed by atoms with Crippen molar-refractivity contribution in [2.24, 2.45) is 0 Å². The molecule has 5 nitrogen and oxygen atoms in total. The maximum atomic E-state index is 12.6. The summed E-state index contributed by atoms with van der Waals surface area (Å²) >= 11 is 0. The van der Waals surface area contributed by atoms with E-state index in [0.717, 1.165) is 34.5 Å². The van der Waals surface area contributed by atoms with E-state index >= 15 is 0 Å². The highest BCUT2D eigenvalue weighted by Gasteiger charge is 2.10. The molecule has 0 unspecified atom stereocenters. The lowest BCUT2D eigenvalue weighted by molar-refractivity contribution is 0.102. The van der Waals surface area contributed by atoms with E-state index in [0.29, 0.717) is 17.9 Å². The van der Waals surface area contributed by atoms with Crippen molar-refractivity contribution in [3.05, 3.63) is 83.0 Å². The molecule has 1 heterocycles. The van der Waals surface area contributed by atoms with Crippen LogP contribution < -0.4 is 15.4 Å². The van der Waals surface area contributed by atoms with Gasteiger partial charge >= 0.3 is 0 Å². The predicted molar refractivity (Wildman–Crippen MR) is 113 cm³/mol. The van der Waals surface area contributed by atoms with E-state index in [2.05, 4.69) is 15.6 Å². The molecule has 0 saturated heterocycles. The summed E-state index contributed by atoms with van der Waals surface area (Å²) in [6.45, 7) is 4.72. The Morgan fingerprint density at radius 3 is 2.71 bits per heavy atom. The number of para-hydroxylation sites is 1. The SMILES string of the molecule is COc1ccccc1CCNc1cc(C(=O)Nc2cccc(C)c2C)ccn1. The van der Waals surface area contributed by atoms with Crippen molar-refractivity contribution in [1.29, 1.82) is 0 Å². The summed E-state index contributed by atoms with van der Waals surface area (Å²) in [5, 5.41) is 6.26. The lowest BCUT2D eigenvalue weighted by atomic mass is 10.1. The van der Waals surface area contributed by atoms with Gasteiger partial charge in [0.25, 0.3) is 5.91 Å². The Morgan fingerprint density at radius 2 is 1.89 bits per heavy atom. The quantitative estimate of drug-likeness (QED) is 0.633. The second-order valence-electron chi connectivity index (χ2n) is 6.62. The number of carbonyl (C=O) groups excluding carboxylic acids is 1. The number of nitrogens with one attached hydrogen (secondary N) is 2. The van der Waals surface area contributed by atoms with E-state index in [9.17, 15) is 4.79 Å². The summed E-state index contributed by atoms with van der Waals surface area (Å²) in [5.41, 5.74) is 4.73. The lowest BCUT2D eigenvalue weighted by Crippen LogP contribution is -2.14. The zero-order chi connectivity index (χ0) is 19.9. The largest absolute Gasteiger partial charge is 0.496 e. The number of benzene rings is 2. The number of hydrogen-bond donors (Lipinski definition) is 2. The first-order valence-electron chi connectivity index (χ1n) is 9.28. The fraction of sp³-hybridized carbons (Fsp3) is 0.217. The third kappa shape index (κ3) is 4.68. The fourth-order valence-corrected chi connectivity index (χ4v) is 2.98. The summed E-state index contributed by atoms with van der Waals surface area (Å²) in [5.74, 6) is 1.39. The van der Waals surface area contributed by atoms with E-state index < -0.39 is 0 Å². The number of methoxy groups -OCH3 is 1. The van der Waals surface area contributed by atoms with Crippen LogP contribution in [0.4, 0.5) is 11.5 Å². The van der Waals surface area contributed by atoms with Crippen LogP contribution in [0.3, 0.4) is 0 Å². The fourth-order valence-electron chi connectivity index (χ4n) is 2.98. The molecule has 2 N–H and O–H groups in total. The second kappa shape index (κ2) is 9.04. The molecule has 0 spiro atoms. The van der Waals surface area contributed by atoms with Crippen molar-refractivity contribution < 1.29 is 9.53 Å². The molecule has 0 bridgehead atoms. The van der Waals surface area contributed by atoms with E-state index in [4.69, 9.17) is 4.74 Å². The number of ether oxygens (including phenoxy) is 1. The van der Waals surface area contributed by atoms with Crippen LogP contribution in [0.5, 0.6) is 5.75 Å². The standard InChI is InChI=1S/C23H25N3O2/c1-16-7-6-9-20(17(16)2)26-23(27)19-12-14-25-22(15-19)24-13-11-18-8-4-5-10-21(18)28-3/h4-10,12,14-15H,11,13H2,1-3H3,(H,24,25)(H,26,27). The number of anilines is 2. The van der Waals surface area contributed by atoms with Gasteiger partial charge in [-0.3, -0.25) is 4.79 Å². The van der Waals surface area contributed by atoms with Gasteiger partial charge in [0, 0.05) is 24.0 Å². The Bertz CT molecular complexity index is 970. The minimum atomic E-state index is -0.149. The van der Waals surface area contributed by atoms with Gasteiger partial charge in [-0.15, -0.1) is 0 Å². The van der Waals surface area contributed by atoms with Gasteiger partial charge in [-0.2, -0.15) is 0 Å². The molecule has 0 aliphatic rings. The average molecular weight is 375 g/mol. The summed E-state index contributed by atoms with van der Waals surface area (Å²) in [4.78, 5) is 16.9. The smallest absolute Gasteiger partial charge is 0.255 e. The van der Waals surface area contributed by atoms with Gasteiger partial charge in [0.05, 0.1) is 7.11 Å². The summed E-state index contributed by atoms with van der Waals surface area (Å²) in [7, 11) is 1.67. The maximum absolute atomic E-state index is 12.6. The maximum Gasteiger partial charge on any atom is 0.255 e. The van der Waals surface area contributed by atoms with E-state index in [1.165, 1.54) is 0 Å². The first-order chi connectivity index (χ1) is 13.6. The highest BCUT2D eigenvalue weighted by atomic mass is 16.5. The first kappa shape index (κ1) is 19.4. The Labute approximate surface area is 165 Å². The van der Waals surface area contributed by atoms with Crippen LogP contribution in [0.1, 0.15) is 27.0 Å². The number of aryl methyl sites for hydroxylation is 1. The lowest BCUT2D eigenvalue weighted by Gasteiger charge is -2.12. The number of rotatable bonds is 7. The molecule has 3 aromatic rings. The Morgan fingerprint density at radius 1 is 1.07 bits per heavy atom. The predicted octanol–water partition coefficient (Wildman–Crippen LogP) is 4.61. The highest BCUT2D eigenvalue weighted by molar-refractivity contribution is 6.05. The van der Waals surface area contributed by atoms with Crippen LogP contribution >= 0.6 is 0 Å². The number of amides is 1. The average Bonchev–Trinajstić information content (AvgIpc) is 2.72. The van der Waals surface area contributed by atoms with Gasteiger partial charge < -0.3 is 15.4 Å². The zero-order valence-corrected chi connectivity index (χ0v) is 16.5. The van der Waals surface area contributed by atoms with Crippen LogP contribution in [0, 0.1) is 13.8 Å².